The minimum atomic E-state index is -0.514. The van der Waals surface area contributed by atoms with Gasteiger partial charge in [-0.1, -0.05) is 6.07 Å². The predicted octanol–water partition coefficient (Wildman–Crippen LogP) is 1.56. The highest BCUT2D eigenvalue weighted by Gasteiger charge is 2.11. The number of pyridine rings is 1. The SMILES string of the molecule is NC(=O)c1csc(-c2cccc3ccnn23)n1. The number of aromatic nitrogens is 3. The van der Waals surface area contributed by atoms with Crippen molar-refractivity contribution in [2.24, 2.45) is 5.73 Å². The number of nitrogens with two attached hydrogens (primary N) is 1. The van der Waals surface area contributed by atoms with Crippen LogP contribution in [-0.2, 0) is 0 Å². The molecule has 0 saturated carbocycles. The number of hydrogen-bond donors (Lipinski definition) is 1. The molecule has 0 bridgehead atoms. The predicted molar refractivity (Wildman–Crippen MR) is 64.8 cm³/mol. The van der Waals surface area contributed by atoms with Crippen molar-refractivity contribution in [3.05, 3.63) is 41.5 Å². The van der Waals surface area contributed by atoms with Crippen molar-refractivity contribution in [2.45, 2.75) is 0 Å². The second kappa shape index (κ2) is 3.67. The van der Waals surface area contributed by atoms with Crippen LogP contribution in [0.5, 0.6) is 0 Å². The van der Waals surface area contributed by atoms with Crippen LogP contribution in [0.4, 0.5) is 0 Å². The van der Waals surface area contributed by atoms with Crippen molar-refractivity contribution in [3.63, 3.8) is 0 Å². The molecule has 3 aromatic heterocycles. The second-order valence-electron chi connectivity index (χ2n) is 3.48. The van der Waals surface area contributed by atoms with Gasteiger partial charge in [0.15, 0.2) is 0 Å². The smallest absolute Gasteiger partial charge is 0.268 e. The Labute approximate surface area is 101 Å². The van der Waals surface area contributed by atoms with E-state index in [4.69, 9.17) is 5.73 Å². The van der Waals surface area contributed by atoms with Crippen molar-refractivity contribution in [1.82, 2.24) is 14.6 Å². The van der Waals surface area contributed by atoms with Gasteiger partial charge < -0.3 is 5.73 Å². The number of thiazole rings is 1. The van der Waals surface area contributed by atoms with Gasteiger partial charge in [-0.05, 0) is 18.2 Å². The fraction of sp³-hybridized carbons (Fsp3) is 0. The molecule has 3 heterocycles. The molecule has 0 radical (unpaired) electrons. The summed E-state index contributed by atoms with van der Waals surface area (Å²) in [6.45, 7) is 0. The van der Waals surface area contributed by atoms with Gasteiger partial charge in [-0.15, -0.1) is 11.3 Å². The molecule has 0 atom stereocenters. The van der Waals surface area contributed by atoms with Crippen LogP contribution in [0.25, 0.3) is 16.2 Å². The standard InChI is InChI=1S/C11H8N4OS/c12-10(16)8-6-17-11(14-8)9-3-1-2-7-4-5-13-15(7)9/h1-6H,(H2,12,16). The first-order valence-corrected chi connectivity index (χ1v) is 5.82. The summed E-state index contributed by atoms with van der Waals surface area (Å²) in [6, 6.07) is 7.70. The molecule has 0 aromatic carbocycles. The summed E-state index contributed by atoms with van der Waals surface area (Å²) in [5.41, 5.74) is 7.30. The summed E-state index contributed by atoms with van der Waals surface area (Å²) in [5.74, 6) is -0.514. The first-order valence-electron chi connectivity index (χ1n) is 4.94. The van der Waals surface area contributed by atoms with Crippen LogP contribution in [-0.4, -0.2) is 20.5 Å². The van der Waals surface area contributed by atoms with Gasteiger partial charge in [0.2, 0.25) is 0 Å². The summed E-state index contributed by atoms with van der Waals surface area (Å²) in [4.78, 5) is 15.2. The lowest BCUT2D eigenvalue weighted by atomic mass is 10.3. The van der Waals surface area contributed by atoms with Gasteiger partial charge in [-0.3, -0.25) is 4.79 Å². The van der Waals surface area contributed by atoms with E-state index in [1.54, 1.807) is 16.1 Å². The lowest BCUT2D eigenvalue weighted by molar-refractivity contribution is 0.0996. The van der Waals surface area contributed by atoms with Crippen LogP contribution in [0.15, 0.2) is 35.8 Å². The first kappa shape index (κ1) is 9.98. The zero-order chi connectivity index (χ0) is 11.8. The molecule has 0 aliphatic heterocycles. The monoisotopic (exact) mass is 244 g/mol. The average Bonchev–Trinajstić information content (AvgIpc) is 2.97. The summed E-state index contributed by atoms with van der Waals surface area (Å²) in [5, 5.41) is 6.60. The molecule has 0 spiro atoms. The van der Waals surface area contributed by atoms with E-state index in [1.807, 2.05) is 24.3 Å². The third kappa shape index (κ3) is 1.58. The van der Waals surface area contributed by atoms with Gasteiger partial charge in [0, 0.05) is 5.38 Å². The highest BCUT2D eigenvalue weighted by atomic mass is 32.1. The summed E-state index contributed by atoms with van der Waals surface area (Å²) in [6.07, 6.45) is 1.72. The minimum absolute atomic E-state index is 0.286. The number of fused-ring (bicyclic) bond motifs is 1. The van der Waals surface area contributed by atoms with Crippen LogP contribution in [0.3, 0.4) is 0 Å². The molecule has 17 heavy (non-hydrogen) atoms. The molecule has 2 N–H and O–H groups in total. The second-order valence-corrected chi connectivity index (χ2v) is 4.34. The van der Waals surface area contributed by atoms with Gasteiger partial charge in [-0.2, -0.15) is 5.10 Å². The number of amides is 1. The number of primary amides is 1. The molecule has 0 unspecified atom stereocenters. The van der Waals surface area contributed by atoms with E-state index >= 15 is 0 Å². The van der Waals surface area contributed by atoms with E-state index in [1.165, 1.54) is 11.3 Å². The van der Waals surface area contributed by atoms with Crippen LogP contribution < -0.4 is 5.73 Å². The van der Waals surface area contributed by atoms with E-state index in [0.29, 0.717) is 0 Å². The van der Waals surface area contributed by atoms with Gasteiger partial charge >= 0.3 is 0 Å². The van der Waals surface area contributed by atoms with E-state index < -0.39 is 5.91 Å². The quantitative estimate of drug-likeness (QED) is 0.743. The Balaban J connectivity index is 2.19. The van der Waals surface area contributed by atoms with Crippen LogP contribution in [0, 0.1) is 0 Å². The summed E-state index contributed by atoms with van der Waals surface area (Å²) in [7, 11) is 0. The van der Waals surface area contributed by atoms with E-state index in [9.17, 15) is 4.79 Å². The fourth-order valence-corrected chi connectivity index (χ4v) is 2.43. The molecule has 3 aromatic rings. The molecule has 0 aliphatic carbocycles. The normalized spacial score (nSPS) is 10.8. The highest BCUT2D eigenvalue weighted by molar-refractivity contribution is 7.13. The van der Waals surface area contributed by atoms with Crippen LogP contribution in [0.1, 0.15) is 10.5 Å². The number of hydrogen-bond acceptors (Lipinski definition) is 4. The average molecular weight is 244 g/mol. The van der Waals surface area contributed by atoms with E-state index in [0.717, 1.165) is 16.2 Å². The number of carbonyl (C=O) groups is 1. The molecular formula is C11H8N4OS. The van der Waals surface area contributed by atoms with Gasteiger partial charge in [0.1, 0.15) is 16.4 Å². The topological polar surface area (TPSA) is 73.3 Å². The third-order valence-corrected chi connectivity index (χ3v) is 3.26. The maximum Gasteiger partial charge on any atom is 0.268 e. The van der Waals surface area contributed by atoms with Crippen molar-refractivity contribution in [2.75, 3.05) is 0 Å². The Morgan fingerprint density at radius 1 is 1.35 bits per heavy atom. The van der Waals surface area contributed by atoms with Crippen molar-refractivity contribution in [1.29, 1.82) is 0 Å². The molecular weight excluding hydrogens is 236 g/mol. The maximum atomic E-state index is 11.0. The lowest BCUT2D eigenvalue weighted by Gasteiger charge is -2.00. The zero-order valence-corrected chi connectivity index (χ0v) is 9.52. The van der Waals surface area contributed by atoms with Gasteiger partial charge in [0.25, 0.3) is 5.91 Å². The molecule has 0 aliphatic rings. The Hall–Kier alpha value is -2.21. The third-order valence-electron chi connectivity index (χ3n) is 2.40. The minimum Gasteiger partial charge on any atom is -0.364 e. The largest absolute Gasteiger partial charge is 0.364 e. The van der Waals surface area contributed by atoms with Gasteiger partial charge in [0.05, 0.1) is 11.7 Å². The van der Waals surface area contributed by atoms with E-state index in [-0.39, 0.29) is 5.69 Å². The van der Waals surface area contributed by atoms with Crippen molar-refractivity contribution in [3.8, 4) is 10.7 Å². The molecule has 3 rings (SSSR count). The molecule has 0 saturated heterocycles. The molecule has 6 heteroatoms. The Bertz CT molecular complexity index is 700. The number of carbonyl (C=O) groups excluding carboxylic acids is 1. The fourth-order valence-electron chi connectivity index (χ4n) is 1.62. The molecule has 0 fully saturated rings. The highest BCUT2D eigenvalue weighted by Crippen LogP contribution is 2.24. The Morgan fingerprint density at radius 2 is 2.24 bits per heavy atom. The number of nitrogens with zero attached hydrogens (tertiary/aromatic N) is 3. The summed E-state index contributed by atoms with van der Waals surface area (Å²) >= 11 is 1.38. The van der Waals surface area contributed by atoms with Crippen molar-refractivity contribution >= 4 is 22.8 Å². The van der Waals surface area contributed by atoms with Crippen LogP contribution >= 0.6 is 11.3 Å². The number of rotatable bonds is 2. The Kier molecular flexibility index (Phi) is 2.15. The zero-order valence-electron chi connectivity index (χ0n) is 8.70. The maximum absolute atomic E-state index is 11.0. The van der Waals surface area contributed by atoms with Crippen LogP contribution in [0.2, 0.25) is 0 Å². The lowest BCUT2D eigenvalue weighted by Crippen LogP contribution is -2.11. The molecule has 5 nitrogen and oxygen atoms in total. The molecule has 1 amide bonds. The van der Waals surface area contributed by atoms with Crippen molar-refractivity contribution < 1.29 is 4.79 Å². The first-order chi connectivity index (χ1) is 8.25. The summed E-state index contributed by atoms with van der Waals surface area (Å²) < 4.78 is 1.78. The Morgan fingerprint density at radius 3 is 3.00 bits per heavy atom. The van der Waals surface area contributed by atoms with E-state index in [2.05, 4.69) is 10.1 Å². The van der Waals surface area contributed by atoms with Gasteiger partial charge in [-0.25, -0.2) is 9.50 Å². The molecule has 84 valence electrons.